The Hall–Kier alpha value is -1.88. The first-order chi connectivity index (χ1) is 11.6. The van der Waals surface area contributed by atoms with Gasteiger partial charge in [-0.05, 0) is 31.9 Å². The summed E-state index contributed by atoms with van der Waals surface area (Å²) in [6.45, 7) is 3.11. The standard InChI is InChI=1S/C19H27N3O2/c1-21-13-14-22(15-19(21)10-9-17(23)20-12-11-19)18(24)8-7-16-5-3-2-4-6-16/h2-6H,7-15H2,1H3,(H,20,23)/t19-/m0/s1. The molecule has 2 saturated heterocycles. The number of nitrogens with zero attached hydrogens (tertiary/aromatic N) is 2. The molecule has 1 N–H and O–H groups in total. The number of rotatable bonds is 3. The van der Waals surface area contributed by atoms with E-state index in [1.54, 1.807) is 0 Å². The Labute approximate surface area is 144 Å². The highest BCUT2D eigenvalue weighted by Gasteiger charge is 2.41. The molecular formula is C19H27N3O2. The molecule has 2 aliphatic heterocycles. The van der Waals surface area contributed by atoms with Gasteiger partial charge in [-0.2, -0.15) is 0 Å². The van der Waals surface area contributed by atoms with E-state index in [0.717, 1.165) is 38.9 Å². The van der Waals surface area contributed by atoms with Crippen LogP contribution in [0.25, 0.3) is 0 Å². The molecule has 2 amide bonds. The van der Waals surface area contributed by atoms with Gasteiger partial charge in [0.25, 0.3) is 0 Å². The summed E-state index contributed by atoms with van der Waals surface area (Å²) in [5.41, 5.74) is 1.15. The summed E-state index contributed by atoms with van der Waals surface area (Å²) in [4.78, 5) is 28.7. The number of carbonyl (C=O) groups is 2. The lowest BCUT2D eigenvalue weighted by Gasteiger charge is -2.49. The predicted molar refractivity (Wildman–Crippen MR) is 93.6 cm³/mol. The van der Waals surface area contributed by atoms with Crippen LogP contribution in [-0.4, -0.2) is 60.4 Å². The largest absolute Gasteiger partial charge is 0.356 e. The van der Waals surface area contributed by atoms with Gasteiger partial charge in [-0.3, -0.25) is 14.5 Å². The molecular weight excluding hydrogens is 302 g/mol. The topological polar surface area (TPSA) is 52.6 Å². The van der Waals surface area contributed by atoms with Crippen LogP contribution in [0.3, 0.4) is 0 Å². The summed E-state index contributed by atoms with van der Waals surface area (Å²) in [5, 5.41) is 2.96. The summed E-state index contributed by atoms with van der Waals surface area (Å²) in [5.74, 6) is 0.364. The molecule has 0 radical (unpaired) electrons. The minimum atomic E-state index is -0.0557. The molecule has 2 aliphatic rings. The molecule has 5 heteroatoms. The normalized spacial score (nSPS) is 25.4. The van der Waals surface area contributed by atoms with E-state index in [2.05, 4.69) is 29.4 Å². The van der Waals surface area contributed by atoms with Gasteiger partial charge in [0.15, 0.2) is 0 Å². The number of amides is 2. The van der Waals surface area contributed by atoms with E-state index in [1.165, 1.54) is 5.56 Å². The Morgan fingerprint density at radius 2 is 2.00 bits per heavy atom. The van der Waals surface area contributed by atoms with Crippen molar-refractivity contribution < 1.29 is 9.59 Å². The molecule has 1 aromatic carbocycles. The smallest absolute Gasteiger partial charge is 0.223 e. The highest BCUT2D eigenvalue weighted by atomic mass is 16.2. The van der Waals surface area contributed by atoms with Gasteiger partial charge < -0.3 is 10.2 Å². The second-order valence-electron chi connectivity index (χ2n) is 7.05. The van der Waals surface area contributed by atoms with E-state index in [1.807, 2.05) is 23.1 Å². The zero-order chi connectivity index (χ0) is 17.0. The summed E-state index contributed by atoms with van der Waals surface area (Å²) >= 11 is 0. The molecule has 2 heterocycles. The van der Waals surface area contributed by atoms with Gasteiger partial charge in [0.1, 0.15) is 0 Å². The Morgan fingerprint density at radius 1 is 1.21 bits per heavy atom. The maximum absolute atomic E-state index is 12.7. The maximum atomic E-state index is 12.7. The first-order valence-electron chi connectivity index (χ1n) is 8.89. The van der Waals surface area contributed by atoms with Crippen molar-refractivity contribution in [3.63, 3.8) is 0 Å². The van der Waals surface area contributed by atoms with Crippen molar-refractivity contribution in [1.82, 2.24) is 15.1 Å². The SMILES string of the molecule is CN1CCN(C(=O)CCc2ccccc2)C[C@]12CCNC(=O)CC2. The van der Waals surface area contributed by atoms with E-state index in [9.17, 15) is 9.59 Å². The first kappa shape index (κ1) is 17.0. The van der Waals surface area contributed by atoms with Crippen molar-refractivity contribution in [3.8, 4) is 0 Å². The molecule has 0 unspecified atom stereocenters. The average Bonchev–Trinajstić information content (AvgIpc) is 2.79. The van der Waals surface area contributed by atoms with Gasteiger partial charge in [-0.15, -0.1) is 0 Å². The monoisotopic (exact) mass is 329 g/mol. The number of hydrogen-bond donors (Lipinski definition) is 1. The van der Waals surface area contributed by atoms with Crippen LogP contribution in [0.4, 0.5) is 0 Å². The minimum absolute atomic E-state index is 0.0557. The lowest BCUT2D eigenvalue weighted by atomic mass is 9.86. The number of piperazine rings is 1. The van der Waals surface area contributed by atoms with Crippen LogP contribution in [0.2, 0.25) is 0 Å². The maximum Gasteiger partial charge on any atom is 0.223 e. The minimum Gasteiger partial charge on any atom is -0.356 e. The summed E-state index contributed by atoms with van der Waals surface area (Å²) in [6, 6.07) is 10.2. The van der Waals surface area contributed by atoms with Crippen molar-refractivity contribution in [2.45, 2.75) is 37.6 Å². The Balaban J connectivity index is 1.62. The van der Waals surface area contributed by atoms with Crippen LogP contribution >= 0.6 is 0 Å². The van der Waals surface area contributed by atoms with Gasteiger partial charge in [0.05, 0.1) is 0 Å². The second-order valence-corrected chi connectivity index (χ2v) is 7.05. The molecule has 0 aliphatic carbocycles. The van der Waals surface area contributed by atoms with Gasteiger partial charge in [0, 0.05) is 44.6 Å². The second kappa shape index (κ2) is 7.34. The Morgan fingerprint density at radius 3 is 2.79 bits per heavy atom. The van der Waals surface area contributed by atoms with E-state index in [-0.39, 0.29) is 17.4 Å². The lowest BCUT2D eigenvalue weighted by Crippen LogP contribution is -2.62. The van der Waals surface area contributed by atoms with E-state index in [0.29, 0.717) is 19.4 Å². The van der Waals surface area contributed by atoms with Crippen molar-refractivity contribution in [2.75, 3.05) is 33.2 Å². The highest BCUT2D eigenvalue weighted by molar-refractivity contribution is 5.77. The Kier molecular flexibility index (Phi) is 5.19. The van der Waals surface area contributed by atoms with Gasteiger partial charge in [0.2, 0.25) is 11.8 Å². The fourth-order valence-corrected chi connectivity index (χ4v) is 3.86. The summed E-state index contributed by atoms with van der Waals surface area (Å²) < 4.78 is 0. The van der Waals surface area contributed by atoms with E-state index in [4.69, 9.17) is 0 Å². The van der Waals surface area contributed by atoms with Crippen molar-refractivity contribution in [3.05, 3.63) is 35.9 Å². The van der Waals surface area contributed by atoms with Gasteiger partial charge in [-0.1, -0.05) is 30.3 Å². The molecule has 1 spiro atoms. The van der Waals surface area contributed by atoms with Gasteiger partial charge in [-0.25, -0.2) is 0 Å². The third-order valence-corrected chi connectivity index (χ3v) is 5.55. The fourth-order valence-electron chi connectivity index (χ4n) is 3.86. The molecule has 0 bridgehead atoms. The molecule has 3 rings (SSSR count). The number of benzene rings is 1. The number of aryl methyl sites for hydroxylation is 1. The van der Waals surface area contributed by atoms with Crippen molar-refractivity contribution in [2.24, 2.45) is 0 Å². The molecule has 1 aromatic rings. The fraction of sp³-hybridized carbons (Fsp3) is 0.579. The molecule has 2 fully saturated rings. The third kappa shape index (κ3) is 3.78. The molecule has 0 aromatic heterocycles. The van der Waals surface area contributed by atoms with Gasteiger partial charge >= 0.3 is 0 Å². The summed E-state index contributed by atoms with van der Waals surface area (Å²) in [6.07, 6.45) is 3.64. The molecule has 5 nitrogen and oxygen atoms in total. The van der Waals surface area contributed by atoms with Crippen LogP contribution < -0.4 is 5.32 Å². The summed E-state index contributed by atoms with van der Waals surface area (Å²) in [7, 11) is 2.13. The first-order valence-corrected chi connectivity index (χ1v) is 8.89. The van der Waals surface area contributed by atoms with Crippen LogP contribution in [-0.2, 0) is 16.0 Å². The van der Waals surface area contributed by atoms with E-state index < -0.39 is 0 Å². The molecule has 0 saturated carbocycles. The average molecular weight is 329 g/mol. The van der Waals surface area contributed by atoms with Crippen molar-refractivity contribution in [1.29, 1.82) is 0 Å². The zero-order valence-electron chi connectivity index (χ0n) is 14.5. The van der Waals surface area contributed by atoms with Crippen LogP contribution in [0.5, 0.6) is 0 Å². The third-order valence-electron chi connectivity index (χ3n) is 5.55. The van der Waals surface area contributed by atoms with Crippen LogP contribution in [0, 0.1) is 0 Å². The predicted octanol–water partition coefficient (Wildman–Crippen LogP) is 1.43. The molecule has 130 valence electrons. The number of hydrogen-bond acceptors (Lipinski definition) is 3. The molecule has 24 heavy (non-hydrogen) atoms. The zero-order valence-corrected chi connectivity index (χ0v) is 14.5. The van der Waals surface area contributed by atoms with Crippen molar-refractivity contribution >= 4 is 11.8 Å². The van der Waals surface area contributed by atoms with Crippen LogP contribution in [0.15, 0.2) is 30.3 Å². The van der Waals surface area contributed by atoms with Crippen LogP contribution in [0.1, 0.15) is 31.2 Å². The lowest BCUT2D eigenvalue weighted by molar-refractivity contribution is -0.136. The molecule has 1 atom stereocenters. The quantitative estimate of drug-likeness (QED) is 0.913. The number of nitrogens with one attached hydrogen (secondary N) is 1. The number of likely N-dealkylation sites (N-methyl/N-ethyl adjacent to an activating group) is 1. The Bertz CT molecular complexity index is 590. The number of carbonyl (C=O) groups excluding carboxylic acids is 2. The highest BCUT2D eigenvalue weighted by Crippen LogP contribution is 2.30. The van der Waals surface area contributed by atoms with E-state index >= 15 is 0 Å².